The van der Waals surface area contributed by atoms with Crippen molar-refractivity contribution >= 4 is 46.5 Å². The van der Waals surface area contributed by atoms with Crippen LogP contribution < -0.4 is 20.1 Å². The summed E-state index contributed by atoms with van der Waals surface area (Å²) in [6.45, 7) is 2.06. The van der Waals surface area contributed by atoms with Crippen molar-refractivity contribution in [2.24, 2.45) is 0 Å². The highest BCUT2D eigenvalue weighted by Gasteiger charge is 2.15. The summed E-state index contributed by atoms with van der Waals surface area (Å²) >= 11 is 12.3. The summed E-state index contributed by atoms with van der Waals surface area (Å²) in [7, 11) is 1.47. The van der Waals surface area contributed by atoms with E-state index in [-0.39, 0.29) is 33.9 Å². The molecule has 3 rings (SSSR count). The lowest BCUT2D eigenvalue weighted by molar-refractivity contribution is -0.118. The average Bonchev–Trinajstić information content (AvgIpc) is 2.78. The predicted molar refractivity (Wildman–Crippen MR) is 129 cm³/mol. The highest BCUT2D eigenvalue weighted by Crippen LogP contribution is 2.36. The molecule has 3 N–H and O–H groups in total. The Labute approximate surface area is 201 Å². The summed E-state index contributed by atoms with van der Waals surface area (Å²) in [4.78, 5) is 23.5. The number of anilines is 2. The maximum Gasteiger partial charge on any atom is 0.337 e. The van der Waals surface area contributed by atoms with Crippen molar-refractivity contribution in [3.05, 3.63) is 81.3 Å². The molecule has 0 saturated heterocycles. The highest BCUT2D eigenvalue weighted by molar-refractivity contribution is 6.33. The van der Waals surface area contributed by atoms with Gasteiger partial charge < -0.3 is 25.2 Å². The van der Waals surface area contributed by atoms with Crippen molar-refractivity contribution in [1.29, 1.82) is 0 Å². The molecule has 9 heteroatoms. The van der Waals surface area contributed by atoms with Crippen molar-refractivity contribution in [1.82, 2.24) is 0 Å². The van der Waals surface area contributed by atoms with E-state index in [1.165, 1.54) is 19.2 Å². The lowest BCUT2D eigenvalue weighted by atomic mass is 10.1. The first kappa shape index (κ1) is 24.2. The predicted octanol–water partition coefficient (Wildman–Crippen LogP) is 5.64. The Balaban J connectivity index is 1.65. The summed E-state index contributed by atoms with van der Waals surface area (Å²) in [6, 6.07) is 15.5. The van der Waals surface area contributed by atoms with Crippen LogP contribution in [0.1, 0.15) is 21.5 Å². The number of nitrogens with one attached hydrogen (secondary N) is 2. The lowest BCUT2D eigenvalue weighted by Gasteiger charge is -2.15. The molecule has 0 heterocycles. The number of carboxylic acid groups (broad SMARTS) is 1. The van der Waals surface area contributed by atoms with E-state index < -0.39 is 5.97 Å². The van der Waals surface area contributed by atoms with Gasteiger partial charge in [0, 0.05) is 17.9 Å². The van der Waals surface area contributed by atoms with Gasteiger partial charge in [0.15, 0.2) is 18.1 Å². The van der Waals surface area contributed by atoms with Crippen LogP contribution in [0, 0.1) is 6.92 Å². The number of aromatic carboxylic acids is 1. The molecule has 0 aliphatic carbocycles. The normalized spacial score (nSPS) is 10.4. The molecule has 0 fully saturated rings. The lowest BCUT2D eigenvalue weighted by Crippen LogP contribution is -2.20. The molecule has 7 nitrogen and oxygen atoms in total. The summed E-state index contributed by atoms with van der Waals surface area (Å²) in [5.41, 5.74) is 3.11. The number of rotatable bonds is 9. The molecule has 0 bridgehead atoms. The van der Waals surface area contributed by atoms with Crippen molar-refractivity contribution in [3.8, 4) is 11.5 Å². The Bertz CT molecular complexity index is 1170. The monoisotopic (exact) mass is 488 g/mol. The fraction of sp³-hybridized carbons (Fsp3) is 0.167. The van der Waals surface area contributed by atoms with Crippen molar-refractivity contribution in [3.63, 3.8) is 0 Å². The van der Waals surface area contributed by atoms with Crippen LogP contribution in [-0.4, -0.2) is 30.7 Å². The fourth-order valence-corrected chi connectivity index (χ4v) is 3.48. The number of benzene rings is 3. The second kappa shape index (κ2) is 10.9. The van der Waals surface area contributed by atoms with E-state index in [9.17, 15) is 14.7 Å². The van der Waals surface area contributed by atoms with E-state index in [1.807, 2.05) is 31.2 Å². The minimum absolute atomic E-state index is 0.00458. The first-order chi connectivity index (χ1) is 15.8. The number of hydrogen-bond donors (Lipinski definition) is 3. The van der Waals surface area contributed by atoms with Crippen LogP contribution in [0.15, 0.2) is 54.6 Å². The third-order valence-electron chi connectivity index (χ3n) is 4.67. The molecule has 0 aromatic heterocycles. The van der Waals surface area contributed by atoms with Gasteiger partial charge in [-0.2, -0.15) is 0 Å². The molecule has 0 atom stereocenters. The highest BCUT2D eigenvalue weighted by atomic mass is 35.5. The Kier molecular flexibility index (Phi) is 8.03. The molecule has 3 aromatic carbocycles. The molecule has 33 heavy (non-hydrogen) atoms. The van der Waals surface area contributed by atoms with Gasteiger partial charge in [-0.1, -0.05) is 40.9 Å². The van der Waals surface area contributed by atoms with Crippen molar-refractivity contribution < 1.29 is 24.2 Å². The van der Waals surface area contributed by atoms with Crippen LogP contribution in [0.3, 0.4) is 0 Å². The molecule has 0 aliphatic heterocycles. The number of carboxylic acids is 1. The number of methoxy groups -OCH3 is 1. The van der Waals surface area contributed by atoms with Crippen LogP contribution in [0.4, 0.5) is 11.4 Å². The Morgan fingerprint density at radius 3 is 2.33 bits per heavy atom. The van der Waals surface area contributed by atoms with E-state index >= 15 is 0 Å². The first-order valence-electron chi connectivity index (χ1n) is 9.89. The number of carbonyl (C=O) groups excluding carboxylic acids is 1. The van der Waals surface area contributed by atoms with Crippen LogP contribution in [-0.2, 0) is 11.3 Å². The van der Waals surface area contributed by atoms with Gasteiger partial charge in [0.2, 0.25) is 0 Å². The summed E-state index contributed by atoms with van der Waals surface area (Å²) in [6.07, 6.45) is 0. The molecule has 0 saturated carbocycles. The molecule has 0 unspecified atom stereocenters. The summed E-state index contributed by atoms with van der Waals surface area (Å²) in [5, 5.41) is 15.5. The van der Waals surface area contributed by atoms with Gasteiger partial charge in [-0.05, 0) is 55.0 Å². The first-order valence-corrected chi connectivity index (χ1v) is 10.6. The molecule has 1 amide bonds. The van der Waals surface area contributed by atoms with Crippen molar-refractivity contribution in [2.45, 2.75) is 13.5 Å². The van der Waals surface area contributed by atoms with Gasteiger partial charge in [0.25, 0.3) is 5.91 Å². The Morgan fingerprint density at radius 2 is 1.67 bits per heavy atom. The standard InChI is InChI=1S/C24H22Cl2N2O5/c1-14-3-5-16(6-4-14)28-22(29)13-33-23-20(26)9-15(10-21(23)32-2)12-27-17-7-8-19(25)18(11-17)24(30)31/h3-11,27H,12-13H2,1-2H3,(H,28,29)(H,30,31). The Morgan fingerprint density at radius 1 is 0.970 bits per heavy atom. The molecule has 0 radical (unpaired) electrons. The van der Waals surface area contributed by atoms with Gasteiger partial charge in [0.1, 0.15) is 0 Å². The zero-order chi connectivity index (χ0) is 24.0. The third-order valence-corrected chi connectivity index (χ3v) is 5.28. The molecular weight excluding hydrogens is 467 g/mol. The second-order valence-corrected chi connectivity index (χ2v) is 7.98. The van der Waals surface area contributed by atoms with Crippen LogP contribution in [0.5, 0.6) is 11.5 Å². The summed E-state index contributed by atoms with van der Waals surface area (Å²) in [5.74, 6) is -0.827. The van der Waals surface area contributed by atoms with Crippen LogP contribution in [0.2, 0.25) is 10.0 Å². The quantitative estimate of drug-likeness (QED) is 0.360. The van der Waals surface area contributed by atoms with Crippen molar-refractivity contribution in [2.75, 3.05) is 24.4 Å². The molecular formula is C24H22Cl2N2O5. The third kappa shape index (κ3) is 6.54. The SMILES string of the molecule is COc1cc(CNc2ccc(Cl)c(C(=O)O)c2)cc(Cl)c1OCC(=O)Nc1ccc(C)cc1. The molecule has 0 aliphatic rings. The van der Waals surface area contributed by atoms with E-state index in [4.69, 9.17) is 32.7 Å². The van der Waals surface area contributed by atoms with E-state index in [1.54, 1.807) is 18.2 Å². The number of aryl methyl sites for hydroxylation is 1. The number of ether oxygens (including phenoxy) is 2. The minimum atomic E-state index is -1.11. The Hall–Kier alpha value is -3.42. The largest absolute Gasteiger partial charge is 0.493 e. The smallest absolute Gasteiger partial charge is 0.337 e. The van der Waals surface area contributed by atoms with Gasteiger partial charge in [-0.3, -0.25) is 4.79 Å². The number of amides is 1. The van der Waals surface area contributed by atoms with Crippen LogP contribution in [0.25, 0.3) is 0 Å². The van der Waals surface area contributed by atoms with Gasteiger partial charge in [-0.15, -0.1) is 0 Å². The topological polar surface area (TPSA) is 96.9 Å². The second-order valence-electron chi connectivity index (χ2n) is 7.17. The molecule has 0 spiro atoms. The zero-order valence-corrected chi connectivity index (χ0v) is 19.5. The zero-order valence-electron chi connectivity index (χ0n) is 17.9. The average molecular weight is 489 g/mol. The van der Waals surface area contributed by atoms with Gasteiger partial charge in [-0.25, -0.2) is 4.79 Å². The molecule has 3 aromatic rings. The van der Waals surface area contributed by atoms with E-state index in [0.717, 1.165) is 11.1 Å². The summed E-state index contributed by atoms with van der Waals surface area (Å²) < 4.78 is 11.0. The number of hydrogen-bond acceptors (Lipinski definition) is 5. The van der Waals surface area contributed by atoms with Gasteiger partial charge in [0.05, 0.1) is 22.7 Å². The maximum absolute atomic E-state index is 12.2. The van der Waals surface area contributed by atoms with E-state index in [2.05, 4.69) is 10.6 Å². The molecule has 172 valence electrons. The van der Waals surface area contributed by atoms with E-state index in [0.29, 0.717) is 23.7 Å². The number of carbonyl (C=O) groups is 2. The van der Waals surface area contributed by atoms with Crippen LogP contribution >= 0.6 is 23.2 Å². The minimum Gasteiger partial charge on any atom is -0.493 e. The number of halogens is 2. The fourth-order valence-electron chi connectivity index (χ4n) is 2.99. The van der Waals surface area contributed by atoms with Gasteiger partial charge >= 0.3 is 5.97 Å². The maximum atomic E-state index is 12.2.